The minimum Gasteiger partial charge on any atom is -0.0693 e. The Morgan fingerprint density at radius 3 is 1.73 bits per heavy atom. The van der Waals surface area contributed by atoms with Crippen LogP contribution in [0.1, 0.15) is 25.7 Å². The summed E-state index contributed by atoms with van der Waals surface area (Å²) in [5.74, 6) is 2.38. The van der Waals surface area contributed by atoms with E-state index in [1.807, 2.05) is 0 Å². The summed E-state index contributed by atoms with van der Waals surface area (Å²) in [5.41, 5.74) is 1.21. The van der Waals surface area contributed by atoms with Gasteiger partial charge in [-0.25, -0.2) is 0 Å². The quantitative estimate of drug-likeness (QED) is 0.526. The summed E-state index contributed by atoms with van der Waals surface area (Å²) in [4.78, 5) is 0. The Labute approximate surface area is 71.4 Å². The Bertz CT molecular complexity index is 145. The Kier molecular flexibility index (Phi) is 1.68. The van der Waals surface area contributed by atoms with Crippen LogP contribution in [0.25, 0.3) is 0 Å². The van der Waals surface area contributed by atoms with Crippen LogP contribution in [0.4, 0.5) is 0 Å². The van der Waals surface area contributed by atoms with E-state index in [0.29, 0.717) is 0 Å². The van der Waals surface area contributed by atoms with E-state index in [9.17, 15) is 0 Å². The first-order valence-electron chi connectivity index (χ1n) is 5.11. The molecule has 0 aromatic rings. The monoisotopic (exact) mass is 168 g/mol. The van der Waals surface area contributed by atoms with Gasteiger partial charge in [-0.15, -0.1) is 0 Å². The molecule has 64 valence electrons. The van der Waals surface area contributed by atoms with Gasteiger partial charge in [0.15, 0.2) is 0 Å². The van der Waals surface area contributed by atoms with Gasteiger partial charge in [-0.2, -0.15) is 0 Å². The van der Waals surface area contributed by atoms with Crippen molar-refractivity contribution in [2.45, 2.75) is 50.9 Å². The lowest BCUT2D eigenvalue weighted by atomic mass is 10.0. The SMILES string of the molecule is C[Si](C)(C)C1[C@H]2CCCC[C@@H]12. The van der Waals surface area contributed by atoms with E-state index in [0.717, 1.165) is 0 Å². The van der Waals surface area contributed by atoms with E-state index in [4.69, 9.17) is 0 Å². The van der Waals surface area contributed by atoms with Crippen molar-refractivity contribution in [2.24, 2.45) is 11.8 Å². The van der Waals surface area contributed by atoms with Crippen molar-refractivity contribution < 1.29 is 0 Å². The fraction of sp³-hybridized carbons (Fsp3) is 1.00. The summed E-state index contributed by atoms with van der Waals surface area (Å²) in [6.45, 7) is 7.65. The molecule has 0 aromatic heterocycles. The third kappa shape index (κ3) is 1.28. The van der Waals surface area contributed by atoms with Crippen LogP contribution in [0.3, 0.4) is 0 Å². The second-order valence-corrected chi connectivity index (χ2v) is 10.9. The first-order chi connectivity index (χ1) is 5.11. The standard InChI is InChI=1S/C10H20Si/c1-11(2,3)10-8-6-4-5-7-9(8)10/h8-10H,4-7H2,1-3H3/t8-,9+,10?. The van der Waals surface area contributed by atoms with Crippen molar-refractivity contribution in [1.29, 1.82) is 0 Å². The third-order valence-corrected chi connectivity index (χ3v) is 6.51. The van der Waals surface area contributed by atoms with E-state index in [1.165, 1.54) is 30.2 Å². The van der Waals surface area contributed by atoms with Gasteiger partial charge < -0.3 is 0 Å². The lowest BCUT2D eigenvalue weighted by Crippen LogP contribution is -2.21. The molecule has 2 rings (SSSR count). The van der Waals surface area contributed by atoms with Gasteiger partial charge in [-0.1, -0.05) is 45.3 Å². The van der Waals surface area contributed by atoms with Gasteiger partial charge in [0, 0.05) is 8.07 Å². The predicted octanol–water partition coefficient (Wildman–Crippen LogP) is 3.51. The summed E-state index contributed by atoms with van der Waals surface area (Å²) in [7, 11) is -0.752. The highest BCUT2D eigenvalue weighted by atomic mass is 28.3. The highest BCUT2D eigenvalue weighted by Gasteiger charge is 2.55. The van der Waals surface area contributed by atoms with Crippen molar-refractivity contribution in [3.63, 3.8) is 0 Å². The third-order valence-electron chi connectivity index (χ3n) is 3.66. The lowest BCUT2D eigenvalue weighted by molar-refractivity contribution is 0.480. The van der Waals surface area contributed by atoms with Gasteiger partial charge in [0.25, 0.3) is 0 Å². The van der Waals surface area contributed by atoms with Crippen LogP contribution in [-0.2, 0) is 0 Å². The molecule has 2 aliphatic carbocycles. The molecule has 11 heavy (non-hydrogen) atoms. The predicted molar refractivity (Wildman–Crippen MR) is 52.5 cm³/mol. The normalized spacial score (nSPS) is 43.4. The van der Waals surface area contributed by atoms with Crippen LogP contribution >= 0.6 is 0 Å². The molecular weight excluding hydrogens is 148 g/mol. The molecule has 2 saturated carbocycles. The Balaban J connectivity index is 2.00. The molecule has 2 fully saturated rings. The van der Waals surface area contributed by atoms with E-state index in [2.05, 4.69) is 19.6 Å². The maximum atomic E-state index is 2.55. The molecule has 0 aliphatic heterocycles. The fourth-order valence-electron chi connectivity index (χ4n) is 3.28. The molecule has 2 aliphatic rings. The molecule has 0 bridgehead atoms. The fourth-order valence-corrected chi connectivity index (χ4v) is 6.56. The Morgan fingerprint density at radius 1 is 0.909 bits per heavy atom. The molecule has 0 radical (unpaired) electrons. The number of fused-ring (bicyclic) bond motifs is 1. The summed E-state index contributed by atoms with van der Waals surface area (Å²) in [5, 5.41) is 0. The van der Waals surface area contributed by atoms with Crippen LogP contribution in [0.2, 0.25) is 25.2 Å². The molecule has 1 unspecified atom stereocenters. The maximum Gasteiger partial charge on any atom is 0.0479 e. The van der Waals surface area contributed by atoms with Crippen LogP contribution in [-0.4, -0.2) is 8.07 Å². The Hall–Kier alpha value is 0.217. The van der Waals surface area contributed by atoms with Crippen LogP contribution in [0.15, 0.2) is 0 Å². The highest BCUT2D eigenvalue weighted by Crippen LogP contribution is 2.64. The minimum atomic E-state index is -0.752. The van der Waals surface area contributed by atoms with Gasteiger partial charge in [-0.3, -0.25) is 0 Å². The van der Waals surface area contributed by atoms with Crippen molar-refractivity contribution in [2.75, 3.05) is 0 Å². The largest absolute Gasteiger partial charge is 0.0693 e. The summed E-state index contributed by atoms with van der Waals surface area (Å²) in [6.07, 6.45) is 6.20. The molecule has 0 N–H and O–H groups in total. The first kappa shape index (κ1) is 7.84. The summed E-state index contributed by atoms with van der Waals surface area (Å²) >= 11 is 0. The molecule has 3 atom stereocenters. The van der Waals surface area contributed by atoms with E-state index >= 15 is 0 Å². The van der Waals surface area contributed by atoms with Crippen LogP contribution < -0.4 is 0 Å². The van der Waals surface area contributed by atoms with Gasteiger partial charge in [0.2, 0.25) is 0 Å². The molecule has 1 heteroatoms. The number of hydrogen-bond acceptors (Lipinski definition) is 0. The molecule has 0 nitrogen and oxygen atoms in total. The molecule has 0 spiro atoms. The maximum absolute atomic E-state index is 2.55. The van der Waals surface area contributed by atoms with Gasteiger partial charge in [-0.05, 0) is 17.4 Å². The molecule has 0 aromatic carbocycles. The van der Waals surface area contributed by atoms with E-state index < -0.39 is 8.07 Å². The lowest BCUT2D eigenvalue weighted by Gasteiger charge is -2.15. The number of rotatable bonds is 1. The smallest absolute Gasteiger partial charge is 0.0479 e. The van der Waals surface area contributed by atoms with Crippen molar-refractivity contribution in [3.8, 4) is 0 Å². The zero-order valence-corrected chi connectivity index (χ0v) is 9.06. The van der Waals surface area contributed by atoms with Crippen molar-refractivity contribution >= 4 is 8.07 Å². The summed E-state index contributed by atoms with van der Waals surface area (Å²) < 4.78 is 0. The summed E-state index contributed by atoms with van der Waals surface area (Å²) in [6, 6.07) is 0. The average Bonchev–Trinajstić information content (AvgIpc) is 2.58. The van der Waals surface area contributed by atoms with Crippen LogP contribution in [0.5, 0.6) is 0 Å². The Morgan fingerprint density at radius 2 is 1.36 bits per heavy atom. The van der Waals surface area contributed by atoms with Gasteiger partial charge >= 0.3 is 0 Å². The van der Waals surface area contributed by atoms with E-state index in [1.54, 1.807) is 12.8 Å². The zero-order valence-electron chi connectivity index (χ0n) is 8.06. The highest BCUT2D eigenvalue weighted by molar-refractivity contribution is 6.78. The molecule has 0 heterocycles. The second-order valence-electron chi connectivity index (χ2n) is 5.50. The molecule has 0 amide bonds. The topological polar surface area (TPSA) is 0 Å². The van der Waals surface area contributed by atoms with Gasteiger partial charge in [0.1, 0.15) is 0 Å². The van der Waals surface area contributed by atoms with Crippen molar-refractivity contribution in [3.05, 3.63) is 0 Å². The van der Waals surface area contributed by atoms with Gasteiger partial charge in [0.05, 0.1) is 0 Å². The van der Waals surface area contributed by atoms with Crippen LogP contribution in [0, 0.1) is 11.8 Å². The van der Waals surface area contributed by atoms with E-state index in [-0.39, 0.29) is 0 Å². The first-order valence-corrected chi connectivity index (χ1v) is 8.68. The van der Waals surface area contributed by atoms with Crippen molar-refractivity contribution in [1.82, 2.24) is 0 Å². The molecule has 0 saturated heterocycles. The second kappa shape index (κ2) is 2.35. The average molecular weight is 168 g/mol. The molecular formula is C10H20Si. The minimum absolute atomic E-state index is 0.752. The number of hydrogen-bond donors (Lipinski definition) is 0. The zero-order chi connectivity index (χ0) is 8.06.